The van der Waals surface area contributed by atoms with Crippen LogP contribution in [0.2, 0.25) is 0 Å². The Labute approximate surface area is 188 Å². The van der Waals surface area contributed by atoms with Gasteiger partial charge in [-0.1, -0.05) is 24.3 Å². The van der Waals surface area contributed by atoms with Crippen LogP contribution >= 0.6 is 0 Å². The Morgan fingerprint density at radius 3 is 2.73 bits per heavy atom. The van der Waals surface area contributed by atoms with Gasteiger partial charge in [-0.15, -0.1) is 0 Å². The minimum absolute atomic E-state index is 0.0360. The number of pyridine rings is 1. The van der Waals surface area contributed by atoms with E-state index in [2.05, 4.69) is 20.9 Å². The molecule has 5 rings (SSSR count). The number of amides is 3. The average molecular weight is 444 g/mol. The third-order valence-corrected chi connectivity index (χ3v) is 5.76. The van der Waals surface area contributed by atoms with Gasteiger partial charge in [-0.05, 0) is 35.9 Å². The molecule has 166 valence electrons. The van der Waals surface area contributed by atoms with E-state index in [9.17, 15) is 14.4 Å². The highest BCUT2D eigenvalue weighted by Crippen LogP contribution is 2.31. The Hall–Kier alpha value is -4.24. The van der Waals surface area contributed by atoms with Crippen LogP contribution < -0.4 is 20.7 Å². The van der Waals surface area contributed by atoms with Crippen molar-refractivity contribution in [2.24, 2.45) is 0 Å². The highest BCUT2D eigenvalue weighted by molar-refractivity contribution is 6.07. The van der Waals surface area contributed by atoms with Crippen LogP contribution in [0.25, 0.3) is 22.0 Å². The van der Waals surface area contributed by atoms with Gasteiger partial charge in [0.25, 0.3) is 5.91 Å². The molecule has 1 aliphatic rings. The van der Waals surface area contributed by atoms with Crippen LogP contribution in [0.4, 0.5) is 4.79 Å². The lowest BCUT2D eigenvalue weighted by atomic mass is 9.95. The molecular formula is C24H20N4O5. The highest BCUT2D eigenvalue weighted by Gasteiger charge is 2.50. The van der Waals surface area contributed by atoms with Crippen LogP contribution in [0, 0.1) is 0 Å². The van der Waals surface area contributed by atoms with E-state index in [1.165, 1.54) is 7.11 Å². The number of carbonyl (C=O) groups is 3. The molecule has 1 saturated heterocycles. The zero-order valence-electron chi connectivity index (χ0n) is 17.7. The van der Waals surface area contributed by atoms with Gasteiger partial charge in [0.05, 0.1) is 12.6 Å². The van der Waals surface area contributed by atoms with Gasteiger partial charge in [-0.2, -0.15) is 0 Å². The number of hydrogen-bond acceptors (Lipinski definition) is 7. The summed E-state index contributed by atoms with van der Waals surface area (Å²) in [5, 5.41) is 9.80. The number of ether oxygens (including phenoxy) is 1. The number of para-hydroxylation sites is 1. The minimum atomic E-state index is -1.46. The Kier molecular flexibility index (Phi) is 5.02. The van der Waals surface area contributed by atoms with Crippen molar-refractivity contribution in [2.45, 2.75) is 12.1 Å². The first kappa shape index (κ1) is 20.7. The Morgan fingerprint density at radius 2 is 1.97 bits per heavy atom. The molecular weight excluding hydrogens is 424 g/mol. The van der Waals surface area contributed by atoms with E-state index in [0.29, 0.717) is 17.0 Å². The van der Waals surface area contributed by atoms with E-state index in [0.717, 1.165) is 28.1 Å². The quantitative estimate of drug-likeness (QED) is 0.296. The molecule has 9 nitrogen and oxygen atoms in total. The summed E-state index contributed by atoms with van der Waals surface area (Å²) in [5.74, 6) is 0.303. The summed E-state index contributed by atoms with van der Waals surface area (Å²) in [5.41, 5.74) is 0.866. The normalized spacial score (nSPS) is 17.8. The molecule has 33 heavy (non-hydrogen) atoms. The largest absolute Gasteiger partial charge is 0.497 e. The molecule has 0 radical (unpaired) electrons. The topological polar surface area (TPSA) is 123 Å². The van der Waals surface area contributed by atoms with Crippen LogP contribution in [0.1, 0.15) is 21.7 Å². The average Bonchev–Trinajstić information content (AvgIpc) is 3.37. The Balaban J connectivity index is 1.47. The molecule has 9 heteroatoms. The summed E-state index contributed by atoms with van der Waals surface area (Å²) >= 11 is 0. The number of nitrogens with zero attached hydrogens (tertiary/aromatic N) is 1. The Bertz CT molecular complexity index is 1360. The predicted octanol–water partition coefficient (Wildman–Crippen LogP) is 2.63. The predicted molar refractivity (Wildman–Crippen MR) is 120 cm³/mol. The third kappa shape index (κ3) is 3.58. The van der Waals surface area contributed by atoms with Gasteiger partial charge in [-0.3, -0.25) is 14.9 Å². The second kappa shape index (κ2) is 8.03. The molecule has 1 aliphatic heterocycles. The fraction of sp³-hybridized carbons (Fsp3) is 0.167. The van der Waals surface area contributed by atoms with Crippen LogP contribution in [0.15, 0.2) is 59.0 Å². The molecule has 3 amide bonds. The van der Waals surface area contributed by atoms with Crippen molar-refractivity contribution >= 4 is 40.2 Å². The van der Waals surface area contributed by atoms with E-state index in [1.54, 1.807) is 24.3 Å². The summed E-state index contributed by atoms with van der Waals surface area (Å²) in [4.78, 5) is 40.9. The van der Waals surface area contributed by atoms with Gasteiger partial charge >= 0.3 is 6.03 Å². The number of furan rings is 1. The van der Waals surface area contributed by atoms with Crippen molar-refractivity contribution in [3.05, 3.63) is 71.5 Å². The fourth-order valence-electron chi connectivity index (χ4n) is 4.02. The van der Waals surface area contributed by atoms with Crippen molar-refractivity contribution < 1.29 is 23.5 Å². The molecule has 0 unspecified atom stereocenters. The molecule has 0 saturated carbocycles. The number of imide groups is 1. The third-order valence-electron chi connectivity index (χ3n) is 5.76. The first-order valence-corrected chi connectivity index (χ1v) is 10.3. The van der Waals surface area contributed by atoms with Crippen LogP contribution in [0.3, 0.4) is 0 Å². The zero-order valence-corrected chi connectivity index (χ0v) is 17.7. The Morgan fingerprint density at radius 1 is 1.12 bits per heavy atom. The van der Waals surface area contributed by atoms with Crippen LogP contribution in [-0.2, 0) is 16.9 Å². The highest BCUT2D eigenvalue weighted by atomic mass is 16.5. The van der Waals surface area contributed by atoms with Crippen molar-refractivity contribution in [1.82, 2.24) is 20.9 Å². The van der Waals surface area contributed by atoms with E-state index in [-0.39, 0.29) is 18.8 Å². The standard InChI is InChI=1S/C24H20N4O5/c1-32-18-7-6-15(17(9-18)12-29)11-25-13-24(22(30)27-23(31)28-24)20-10-16-8-14-4-2-3-5-19(14)26-21(16)33-20/h2-10,12,25H,11,13H2,1H3,(H2,27,28,30,31)/t24-/m0/s1. The minimum Gasteiger partial charge on any atom is -0.497 e. The maximum atomic E-state index is 12.9. The molecule has 2 aromatic carbocycles. The number of carbonyl (C=O) groups excluding carboxylic acids is 3. The molecule has 3 heterocycles. The van der Waals surface area contributed by atoms with E-state index < -0.39 is 17.5 Å². The smallest absolute Gasteiger partial charge is 0.322 e. The van der Waals surface area contributed by atoms with Gasteiger partial charge in [0.2, 0.25) is 5.71 Å². The lowest BCUT2D eigenvalue weighted by Crippen LogP contribution is -2.51. The summed E-state index contributed by atoms with van der Waals surface area (Å²) in [6.07, 6.45) is 0.745. The van der Waals surface area contributed by atoms with Gasteiger partial charge in [0.15, 0.2) is 11.8 Å². The van der Waals surface area contributed by atoms with Gasteiger partial charge in [-0.25, -0.2) is 9.78 Å². The van der Waals surface area contributed by atoms with E-state index in [4.69, 9.17) is 9.15 Å². The number of nitrogens with one attached hydrogen (secondary N) is 3. The number of fused-ring (bicyclic) bond motifs is 2. The van der Waals surface area contributed by atoms with Gasteiger partial charge < -0.3 is 19.8 Å². The molecule has 1 atom stereocenters. The lowest BCUT2D eigenvalue weighted by Gasteiger charge is -2.24. The fourth-order valence-corrected chi connectivity index (χ4v) is 4.02. The summed E-state index contributed by atoms with van der Waals surface area (Å²) in [6.45, 7) is 0.319. The second-order valence-electron chi connectivity index (χ2n) is 7.79. The second-order valence-corrected chi connectivity index (χ2v) is 7.79. The summed E-state index contributed by atoms with van der Waals surface area (Å²) < 4.78 is 11.1. The van der Waals surface area contributed by atoms with Crippen molar-refractivity contribution in [3.8, 4) is 5.75 Å². The molecule has 4 aromatic rings. The number of rotatable bonds is 7. The summed E-state index contributed by atoms with van der Waals surface area (Å²) in [7, 11) is 1.53. The molecule has 1 fully saturated rings. The SMILES string of the molecule is COc1ccc(CNC[C@@]2(c3cc4cc5ccccc5nc4o3)NC(=O)NC2=O)c(C=O)c1. The van der Waals surface area contributed by atoms with Crippen molar-refractivity contribution in [2.75, 3.05) is 13.7 Å². The maximum Gasteiger partial charge on any atom is 0.322 e. The maximum absolute atomic E-state index is 12.9. The van der Waals surface area contributed by atoms with Crippen molar-refractivity contribution in [1.29, 1.82) is 0 Å². The summed E-state index contributed by atoms with van der Waals surface area (Å²) in [6, 6.07) is 15.8. The van der Waals surface area contributed by atoms with Crippen molar-refractivity contribution in [3.63, 3.8) is 0 Å². The van der Waals surface area contributed by atoms with E-state index in [1.807, 2.05) is 30.3 Å². The zero-order chi connectivity index (χ0) is 23.0. The van der Waals surface area contributed by atoms with Gasteiger partial charge in [0, 0.05) is 29.4 Å². The monoisotopic (exact) mass is 444 g/mol. The number of aldehydes is 1. The van der Waals surface area contributed by atoms with E-state index >= 15 is 0 Å². The first-order chi connectivity index (χ1) is 16.0. The van der Waals surface area contributed by atoms with Crippen LogP contribution in [-0.4, -0.2) is 36.9 Å². The number of methoxy groups -OCH3 is 1. The molecule has 3 N–H and O–H groups in total. The molecule has 0 spiro atoms. The number of benzene rings is 2. The van der Waals surface area contributed by atoms with Gasteiger partial charge in [0.1, 0.15) is 11.5 Å². The number of hydrogen-bond donors (Lipinski definition) is 3. The molecule has 0 bridgehead atoms. The molecule has 0 aliphatic carbocycles. The number of aromatic nitrogens is 1. The number of urea groups is 1. The first-order valence-electron chi connectivity index (χ1n) is 10.3. The molecule has 2 aromatic heterocycles. The van der Waals surface area contributed by atoms with Crippen LogP contribution in [0.5, 0.6) is 5.75 Å². The lowest BCUT2D eigenvalue weighted by molar-refractivity contribution is -0.124.